The summed E-state index contributed by atoms with van der Waals surface area (Å²) in [5.74, 6) is 0.0244. The summed E-state index contributed by atoms with van der Waals surface area (Å²) in [6, 6.07) is 18.7. The molecule has 11 heteroatoms. The zero-order valence-corrected chi connectivity index (χ0v) is 25.5. The molecule has 0 bridgehead atoms. The topological polar surface area (TPSA) is 140 Å². The summed E-state index contributed by atoms with van der Waals surface area (Å²) in [6.07, 6.45) is 2.04. The van der Waals surface area contributed by atoms with Gasteiger partial charge < -0.3 is 30.1 Å². The Morgan fingerprint density at radius 3 is 2.27 bits per heavy atom. The SMILES string of the molecule is CC(C)(C)OC(=O)N1CC[C@@H](C(=O)N2CCC(O)(Cn3cnc(Oc4ccccc4)c(N)c3=O)CC2)[C@H](c2ccccc2)C1. The lowest BCUT2D eigenvalue weighted by atomic mass is 9.79. The largest absolute Gasteiger partial charge is 0.444 e. The number of hydrogen-bond acceptors (Lipinski definition) is 8. The van der Waals surface area contributed by atoms with Gasteiger partial charge in [-0.15, -0.1) is 0 Å². The zero-order chi connectivity index (χ0) is 31.5. The lowest BCUT2D eigenvalue weighted by Gasteiger charge is -2.43. The van der Waals surface area contributed by atoms with Crippen LogP contribution in [0.2, 0.25) is 0 Å². The summed E-state index contributed by atoms with van der Waals surface area (Å²) >= 11 is 0. The zero-order valence-electron chi connectivity index (χ0n) is 25.5. The lowest BCUT2D eigenvalue weighted by Crippen LogP contribution is -2.53. The van der Waals surface area contributed by atoms with Gasteiger partial charge in [0.15, 0.2) is 5.69 Å². The number of aliphatic hydroxyl groups is 1. The van der Waals surface area contributed by atoms with E-state index in [9.17, 15) is 19.5 Å². The third-order valence-corrected chi connectivity index (χ3v) is 8.27. The van der Waals surface area contributed by atoms with Gasteiger partial charge >= 0.3 is 6.09 Å². The molecule has 5 rings (SSSR count). The highest BCUT2D eigenvalue weighted by Gasteiger charge is 2.42. The standard InChI is InChI=1S/C33H41N5O6/c1-32(2,3)44-31(41)37-17-14-25(26(20-37)23-10-6-4-7-11-23)29(39)36-18-15-33(42,16-19-36)21-38-22-35-28(27(34)30(38)40)43-24-12-8-5-9-13-24/h4-13,22,25-26,42H,14-21,34H2,1-3H3/t25-,26+/m1/s1. The number of carbonyl (C=O) groups is 2. The molecule has 234 valence electrons. The second-order valence-electron chi connectivity index (χ2n) is 12.7. The number of anilines is 1. The Morgan fingerprint density at radius 2 is 1.64 bits per heavy atom. The highest BCUT2D eigenvalue weighted by molar-refractivity contribution is 5.81. The van der Waals surface area contributed by atoms with Gasteiger partial charge in [-0.1, -0.05) is 48.5 Å². The molecule has 3 heterocycles. The number of nitrogens with two attached hydrogens (primary N) is 1. The molecule has 0 saturated carbocycles. The van der Waals surface area contributed by atoms with E-state index < -0.39 is 16.8 Å². The number of ether oxygens (including phenoxy) is 2. The number of rotatable bonds is 6. The van der Waals surface area contributed by atoms with Crippen LogP contribution in [-0.4, -0.2) is 73.8 Å². The van der Waals surface area contributed by atoms with Gasteiger partial charge in [0.2, 0.25) is 11.8 Å². The predicted octanol–water partition coefficient (Wildman–Crippen LogP) is 4.01. The molecule has 2 fully saturated rings. The number of nitrogens with zero attached hydrogens (tertiary/aromatic N) is 4. The monoisotopic (exact) mass is 603 g/mol. The quantitative estimate of drug-likeness (QED) is 0.431. The first-order chi connectivity index (χ1) is 20.9. The minimum absolute atomic E-state index is 0.00238. The van der Waals surface area contributed by atoms with Crippen LogP contribution in [0.25, 0.3) is 0 Å². The molecule has 0 aliphatic carbocycles. The van der Waals surface area contributed by atoms with Crippen molar-refractivity contribution in [2.75, 3.05) is 31.9 Å². The van der Waals surface area contributed by atoms with Crippen LogP contribution in [0.1, 0.15) is 51.5 Å². The molecular weight excluding hydrogens is 562 g/mol. The van der Waals surface area contributed by atoms with Gasteiger partial charge in [0, 0.05) is 38.0 Å². The van der Waals surface area contributed by atoms with Gasteiger partial charge in [0.1, 0.15) is 17.7 Å². The van der Waals surface area contributed by atoms with Crippen molar-refractivity contribution in [3.05, 3.63) is 82.9 Å². The molecule has 2 saturated heterocycles. The number of nitrogen functional groups attached to an aromatic ring is 1. The van der Waals surface area contributed by atoms with Crippen LogP contribution < -0.4 is 16.0 Å². The van der Waals surface area contributed by atoms with Crippen molar-refractivity contribution in [1.29, 1.82) is 0 Å². The van der Waals surface area contributed by atoms with Crippen LogP contribution >= 0.6 is 0 Å². The van der Waals surface area contributed by atoms with Crippen LogP contribution in [0.3, 0.4) is 0 Å². The van der Waals surface area contributed by atoms with E-state index in [2.05, 4.69) is 4.98 Å². The molecule has 2 aliphatic heterocycles. The van der Waals surface area contributed by atoms with Crippen molar-refractivity contribution >= 4 is 17.7 Å². The summed E-state index contributed by atoms with van der Waals surface area (Å²) in [7, 11) is 0. The van der Waals surface area contributed by atoms with Crippen molar-refractivity contribution in [3.8, 4) is 11.6 Å². The molecule has 11 nitrogen and oxygen atoms in total. The Balaban J connectivity index is 1.24. The lowest BCUT2D eigenvalue weighted by molar-refractivity contribution is -0.142. The molecule has 3 N–H and O–H groups in total. The average molecular weight is 604 g/mol. The Bertz CT molecular complexity index is 1510. The first-order valence-corrected chi connectivity index (χ1v) is 15.0. The smallest absolute Gasteiger partial charge is 0.410 e. The molecule has 0 spiro atoms. The van der Waals surface area contributed by atoms with E-state index in [1.165, 1.54) is 10.9 Å². The van der Waals surface area contributed by atoms with Gasteiger partial charge in [-0.05, 0) is 57.7 Å². The van der Waals surface area contributed by atoms with Gasteiger partial charge in [0.05, 0.1) is 12.1 Å². The average Bonchev–Trinajstić information content (AvgIpc) is 3.01. The number of para-hydroxylation sites is 1. The fourth-order valence-electron chi connectivity index (χ4n) is 5.92. The van der Waals surface area contributed by atoms with Crippen molar-refractivity contribution in [3.63, 3.8) is 0 Å². The highest BCUT2D eigenvalue weighted by Crippen LogP contribution is 2.36. The van der Waals surface area contributed by atoms with Crippen LogP contribution in [0.5, 0.6) is 11.6 Å². The summed E-state index contributed by atoms with van der Waals surface area (Å²) < 4.78 is 12.6. The summed E-state index contributed by atoms with van der Waals surface area (Å²) in [6.45, 7) is 7.01. The van der Waals surface area contributed by atoms with E-state index in [-0.39, 0.29) is 41.9 Å². The second-order valence-corrected chi connectivity index (χ2v) is 12.7. The molecule has 2 amide bonds. The molecule has 2 atom stereocenters. The van der Waals surface area contributed by atoms with E-state index in [0.29, 0.717) is 51.2 Å². The first kappa shape index (κ1) is 31.1. The third-order valence-electron chi connectivity index (χ3n) is 8.27. The Morgan fingerprint density at radius 1 is 1.00 bits per heavy atom. The van der Waals surface area contributed by atoms with Crippen LogP contribution in [0.15, 0.2) is 71.8 Å². The summed E-state index contributed by atoms with van der Waals surface area (Å²) in [5, 5.41) is 11.4. The Labute approximate surface area is 257 Å². The van der Waals surface area contributed by atoms with Gasteiger partial charge in [-0.25, -0.2) is 9.78 Å². The fourth-order valence-corrected chi connectivity index (χ4v) is 5.92. The van der Waals surface area contributed by atoms with Crippen LogP contribution in [0.4, 0.5) is 10.5 Å². The molecule has 0 radical (unpaired) electrons. The van der Waals surface area contributed by atoms with Crippen LogP contribution in [0, 0.1) is 5.92 Å². The Hall–Kier alpha value is -4.38. The fraction of sp³-hybridized carbons (Fsp3) is 0.455. The van der Waals surface area contributed by atoms with Crippen molar-refractivity contribution in [2.45, 2.75) is 63.7 Å². The van der Waals surface area contributed by atoms with E-state index >= 15 is 0 Å². The minimum Gasteiger partial charge on any atom is -0.444 e. The molecule has 1 aromatic heterocycles. The number of benzene rings is 2. The van der Waals surface area contributed by atoms with Gasteiger partial charge in [-0.2, -0.15) is 0 Å². The summed E-state index contributed by atoms with van der Waals surface area (Å²) in [5.41, 5.74) is 4.59. The Kier molecular flexibility index (Phi) is 8.96. The minimum atomic E-state index is -1.21. The number of hydrogen-bond donors (Lipinski definition) is 2. The second kappa shape index (κ2) is 12.7. The number of piperidine rings is 2. The third kappa shape index (κ3) is 7.21. The molecule has 2 aliphatic rings. The molecular formula is C33H41N5O6. The molecule has 0 unspecified atom stereocenters. The van der Waals surface area contributed by atoms with E-state index in [4.69, 9.17) is 15.2 Å². The maximum absolute atomic E-state index is 13.9. The highest BCUT2D eigenvalue weighted by atomic mass is 16.6. The van der Waals surface area contributed by atoms with Crippen molar-refractivity contribution < 1.29 is 24.2 Å². The maximum atomic E-state index is 13.9. The maximum Gasteiger partial charge on any atom is 0.410 e. The van der Waals surface area contributed by atoms with Crippen molar-refractivity contribution in [2.24, 2.45) is 5.92 Å². The van der Waals surface area contributed by atoms with E-state index in [0.717, 1.165) is 5.56 Å². The van der Waals surface area contributed by atoms with E-state index in [1.807, 2.05) is 57.2 Å². The molecule has 2 aromatic carbocycles. The number of likely N-dealkylation sites (tertiary alicyclic amines) is 2. The number of carbonyl (C=O) groups excluding carboxylic acids is 2. The summed E-state index contributed by atoms with van der Waals surface area (Å²) in [4.78, 5) is 47.5. The van der Waals surface area contributed by atoms with Crippen molar-refractivity contribution in [1.82, 2.24) is 19.4 Å². The van der Waals surface area contributed by atoms with E-state index in [1.54, 1.807) is 34.1 Å². The van der Waals surface area contributed by atoms with Crippen LogP contribution in [-0.2, 0) is 16.1 Å². The molecule has 44 heavy (non-hydrogen) atoms. The molecule has 3 aromatic rings. The number of amides is 2. The number of aromatic nitrogens is 2. The first-order valence-electron chi connectivity index (χ1n) is 15.0. The normalized spacial score (nSPS) is 20.2. The van der Waals surface area contributed by atoms with Gasteiger partial charge in [0.25, 0.3) is 5.56 Å². The predicted molar refractivity (Wildman–Crippen MR) is 165 cm³/mol. The van der Waals surface area contributed by atoms with Gasteiger partial charge in [-0.3, -0.25) is 14.2 Å².